The van der Waals surface area contributed by atoms with Crippen molar-refractivity contribution in [3.8, 4) is 22.9 Å². The number of halogens is 3. The number of hydrogen-bond acceptors (Lipinski definition) is 4. The zero-order valence-electron chi connectivity index (χ0n) is 12.9. The molecule has 7 heteroatoms. The molecule has 0 atom stereocenters. The number of benzene rings is 2. The summed E-state index contributed by atoms with van der Waals surface area (Å²) in [5, 5.41) is 3.37. The van der Waals surface area contributed by atoms with Crippen molar-refractivity contribution < 1.29 is 22.4 Å². The molecule has 1 aromatic heterocycles. The van der Waals surface area contributed by atoms with Crippen LogP contribution in [0, 0.1) is 13.8 Å². The summed E-state index contributed by atoms with van der Waals surface area (Å²) >= 11 is 0. The lowest BCUT2D eigenvalue weighted by Gasteiger charge is -2.09. The summed E-state index contributed by atoms with van der Waals surface area (Å²) in [5.74, 6) is -0.383. The van der Waals surface area contributed by atoms with Crippen LogP contribution in [0.2, 0.25) is 0 Å². The summed E-state index contributed by atoms with van der Waals surface area (Å²) < 4.78 is 47.7. The Kier molecular flexibility index (Phi) is 4.01. The van der Waals surface area contributed by atoms with Gasteiger partial charge in [0.25, 0.3) is 0 Å². The fourth-order valence-corrected chi connectivity index (χ4v) is 2.20. The maximum Gasteiger partial charge on any atom is 0.471 e. The van der Waals surface area contributed by atoms with Crippen LogP contribution in [0.5, 0.6) is 11.5 Å². The van der Waals surface area contributed by atoms with E-state index < -0.39 is 12.1 Å². The molecule has 2 aromatic carbocycles. The Balaban J connectivity index is 1.88. The van der Waals surface area contributed by atoms with E-state index in [1.807, 2.05) is 32.0 Å². The van der Waals surface area contributed by atoms with E-state index in [-0.39, 0.29) is 5.82 Å². The Hall–Kier alpha value is -2.83. The van der Waals surface area contributed by atoms with Crippen molar-refractivity contribution in [1.82, 2.24) is 10.1 Å². The average Bonchev–Trinajstić information content (AvgIpc) is 3.01. The molecule has 0 aliphatic heterocycles. The van der Waals surface area contributed by atoms with E-state index >= 15 is 0 Å². The number of rotatable bonds is 3. The van der Waals surface area contributed by atoms with Gasteiger partial charge >= 0.3 is 12.1 Å². The fourth-order valence-electron chi connectivity index (χ4n) is 2.20. The standard InChI is InChI=1S/C17H13F3N2O2/c1-10-6-7-14(11(2)8-10)23-13-5-3-4-12(9-13)15-21-16(24-22-15)17(18,19)20/h3-9H,1-2H3. The Bertz CT molecular complexity index is 872. The third-order valence-electron chi connectivity index (χ3n) is 3.32. The highest BCUT2D eigenvalue weighted by Crippen LogP contribution is 2.31. The van der Waals surface area contributed by atoms with E-state index in [0.29, 0.717) is 17.1 Å². The Morgan fingerprint density at radius 2 is 1.83 bits per heavy atom. The first kappa shape index (κ1) is 16.0. The summed E-state index contributed by atoms with van der Waals surface area (Å²) in [5.41, 5.74) is 2.44. The third-order valence-corrected chi connectivity index (χ3v) is 3.32. The van der Waals surface area contributed by atoms with Crippen LogP contribution < -0.4 is 4.74 Å². The van der Waals surface area contributed by atoms with Crippen LogP contribution >= 0.6 is 0 Å². The molecule has 0 saturated carbocycles. The molecule has 1 heterocycles. The summed E-state index contributed by atoms with van der Waals surface area (Å²) in [6.45, 7) is 3.90. The molecule has 3 aromatic rings. The molecule has 0 bridgehead atoms. The van der Waals surface area contributed by atoms with E-state index in [2.05, 4.69) is 14.7 Å². The minimum atomic E-state index is -4.67. The van der Waals surface area contributed by atoms with Crippen LogP contribution in [0.25, 0.3) is 11.4 Å². The molecule has 0 spiro atoms. The van der Waals surface area contributed by atoms with E-state index in [1.165, 1.54) is 0 Å². The van der Waals surface area contributed by atoms with Crippen molar-refractivity contribution in [2.45, 2.75) is 20.0 Å². The molecule has 3 rings (SSSR count). The molecule has 0 saturated heterocycles. The van der Waals surface area contributed by atoms with Gasteiger partial charge in [0.15, 0.2) is 0 Å². The SMILES string of the molecule is Cc1ccc(Oc2cccc(-c3noc(C(F)(F)F)n3)c2)c(C)c1. The van der Waals surface area contributed by atoms with Gasteiger partial charge in [0.1, 0.15) is 11.5 Å². The zero-order valence-corrected chi connectivity index (χ0v) is 12.9. The van der Waals surface area contributed by atoms with Gasteiger partial charge in [0, 0.05) is 5.56 Å². The maximum atomic E-state index is 12.5. The predicted octanol–water partition coefficient (Wildman–Crippen LogP) is 5.16. The van der Waals surface area contributed by atoms with Crippen molar-refractivity contribution in [3.63, 3.8) is 0 Å². The number of aromatic nitrogens is 2. The molecule has 24 heavy (non-hydrogen) atoms. The second-order valence-electron chi connectivity index (χ2n) is 5.32. The highest BCUT2D eigenvalue weighted by Gasteiger charge is 2.38. The van der Waals surface area contributed by atoms with Gasteiger partial charge in [-0.3, -0.25) is 0 Å². The van der Waals surface area contributed by atoms with Crippen molar-refractivity contribution >= 4 is 0 Å². The molecular formula is C17H13F3N2O2. The zero-order chi connectivity index (χ0) is 17.3. The fraction of sp³-hybridized carbons (Fsp3) is 0.176. The van der Waals surface area contributed by atoms with Gasteiger partial charge in [0.05, 0.1) is 0 Å². The Labute approximate surface area is 135 Å². The molecule has 0 aliphatic rings. The maximum absolute atomic E-state index is 12.5. The van der Waals surface area contributed by atoms with Crippen molar-refractivity contribution in [2.75, 3.05) is 0 Å². The predicted molar refractivity (Wildman–Crippen MR) is 80.7 cm³/mol. The molecule has 0 radical (unpaired) electrons. The third kappa shape index (κ3) is 3.40. The van der Waals surface area contributed by atoms with Gasteiger partial charge in [-0.25, -0.2) is 0 Å². The number of ether oxygens (including phenoxy) is 1. The van der Waals surface area contributed by atoms with Crippen LogP contribution in [0.4, 0.5) is 13.2 Å². The van der Waals surface area contributed by atoms with Crippen LogP contribution in [-0.4, -0.2) is 10.1 Å². The van der Waals surface area contributed by atoms with E-state index in [4.69, 9.17) is 4.74 Å². The van der Waals surface area contributed by atoms with Crippen molar-refractivity contribution in [1.29, 1.82) is 0 Å². The van der Waals surface area contributed by atoms with Gasteiger partial charge in [-0.1, -0.05) is 35.0 Å². The van der Waals surface area contributed by atoms with Gasteiger partial charge in [-0.15, -0.1) is 0 Å². The summed E-state index contributed by atoms with van der Waals surface area (Å²) in [4.78, 5) is 3.37. The second-order valence-corrected chi connectivity index (χ2v) is 5.32. The highest BCUT2D eigenvalue weighted by atomic mass is 19.4. The number of aryl methyl sites for hydroxylation is 2. The van der Waals surface area contributed by atoms with E-state index in [9.17, 15) is 13.2 Å². The minimum absolute atomic E-state index is 0.145. The normalized spacial score (nSPS) is 11.5. The number of hydrogen-bond donors (Lipinski definition) is 0. The lowest BCUT2D eigenvalue weighted by molar-refractivity contribution is -0.159. The summed E-state index contributed by atoms with van der Waals surface area (Å²) in [6, 6.07) is 12.2. The van der Waals surface area contributed by atoms with Crippen LogP contribution in [0.3, 0.4) is 0 Å². The molecule has 0 unspecified atom stereocenters. The van der Waals surface area contributed by atoms with Gasteiger partial charge in [-0.05, 0) is 37.6 Å². The first-order valence-corrected chi connectivity index (χ1v) is 7.09. The average molecular weight is 334 g/mol. The lowest BCUT2D eigenvalue weighted by atomic mass is 10.1. The van der Waals surface area contributed by atoms with E-state index in [0.717, 1.165) is 11.1 Å². The molecule has 0 fully saturated rings. The number of alkyl halides is 3. The molecule has 0 amide bonds. The second kappa shape index (κ2) is 5.99. The first-order chi connectivity index (χ1) is 11.3. The molecule has 124 valence electrons. The Morgan fingerprint density at radius 1 is 1.04 bits per heavy atom. The van der Waals surface area contributed by atoms with Gasteiger partial charge in [-0.2, -0.15) is 18.2 Å². The first-order valence-electron chi connectivity index (χ1n) is 7.09. The van der Waals surface area contributed by atoms with Crippen molar-refractivity contribution in [2.24, 2.45) is 0 Å². The quantitative estimate of drug-likeness (QED) is 0.663. The van der Waals surface area contributed by atoms with Gasteiger partial charge < -0.3 is 9.26 Å². The monoisotopic (exact) mass is 334 g/mol. The largest absolute Gasteiger partial charge is 0.471 e. The summed E-state index contributed by atoms with van der Waals surface area (Å²) in [7, 11) is 0. The molecule has 0 N–H and O–H groups in total. The van der Waals surface area contributed by atoms with Crippen LogP contribution in [0.1, 0.15) is 17.0 Å². The summed E-state index contributed by atoms with van der Waals surface area (Å²) in [6.07, 6.45) is -4.67. The molecular weight excluding hydrogens is 321 g/mol. The van der Waals surface area contributed by atoms with Crippen LogP contribution in [0.15, 0.2) is 47.0 Å². The highest BCUT2D eigenvalue weighted by molar-refractivity contribution is 5.57. The lowest BCUT2D eigenvalue weighted by Crippen LogP contribution is -2.04. The number of nitrogens with zero attached hydrogens (tertiary/aromatic N) is 2. The van der Waals surface area contributed by atoms with Crippen molar-refractivity contribution in [3.05, 3.63) is 59.5 Å². The smallest absolute Gasteiger partial charge is 0.457 e. The molecule has 4 nitrogen and oxygen atoms in total. The van der Waals surface area contributed by atoms with Crippen LogP contribution in [-0.2, 0) is 6.18 Å². The van der Waals surface area contributed by atoms with E-state index in [1.54, 1.807) is 24.3 Å². The molecule has 0 aliphatic carbocycles. The Morgan fingerprint density at radius 3 is 2.50 bits per heavy atom. The topological polar surface area (TPSA) is 48.2 Å². The van der Waals surface area contributed by atoms with Gasteiger partial charge in [0.2, 0.25) is 5.82 Å². The minimum Gasteiger partial charge on any atom is -0.457 e.